The first kappa shape index (κ1) is 17.7. The van der Waals surface area contributed by atoms with E-state index in [1.807, 2.05) is 0 Å². The number of hydrogen-bond donors (Lipinski definition) is 3. The molecule has 21 heavy (non-hydrogen) atoms. The van der Waals surface area contributed by atoms with Crippen molar-refractivity contribution in [1.29, 1.82) is 0 Å². The molecule has 0 aromatic rings. The molecule has 0 spiro atoms. The van der Waals surface area contributed by atoms with Gasteiger partial charge in [0.05, 0.1) is 12.5 Å². The normalized spacial score (nSPS) is 18.2. The molecule has 1 aliphatic heterocycles. The molecular formula is C14H27N3O4. The molecule has 3 N–H and O–H groups in total. The Kier molecular flexibility index (Phi) is 8.07. The molecule has 2 amide bonds. The van der Waals surface area contributed by atoms with Crippen molar-refractivity contribution in [3.63, 3.8) is 0 Å². The molecule has 1 saturated heterocycles. The third-order valence-electron chi connectivity index (χ3n) is 3.69. The summed E-state index contributed by atoms with van der Waals surface area (Å²) < 4.78 is 5.01. The predicted octanol–water partition coefficient (Wildman–Crippen LogP) is 0.650. The smallest absolute Gasteiger partial charge is 0.315 e. The Morgan fingerprint density at radius 1 is 1.38 bits per heavy atom. The zero-order valence-electron chi connectivity index (χ0n) is 12.9. The third-order valence-corrected chi connectivity index (χ3v) is 3.69. The first-order valence-electron chi connectivity index (χ1n) is 7.56. The lowest BCUT2D eigenvalue weighted by molar-refractivity contribution is -0.139. The second-order valence-corrected chi connectivity index (χ2v) is 5.43. The number of rotatable bonds is 8. The Morgan fingerprint density at radius 2 is 2.05 bits per heavy atom. The van der Waals surface area contributed by atoms with Crippen LogP contribution in [-0.2, 0) is 9.53 Å². The van der Waals surface area contributed by atoms with E-state index < -0.39 is 12.1 Å². The van der Waals surface area contributed by atoms with E-state index in [1.54, 1.807) is 0 Å². The second-order valence-electron chi connectivity index (χ2n) is 5.43. The van der Waals surface area contributed by atoms with Gasteiger partial charge in [-0.15, -0.1) is 0 Å². The summed E-state index contributed by atoms with van der Waals surface area (Å²) >= 11 is 0. The van der Waals surface area contributed by atoms with Gasteiger partial charge in [-0.2, -0.15) is 0 Å². The van der Waals surface area contributed by atoms with Crippen LogP contribution in [0.3, 0.4) is 0 Å². The summed E-state index contributed by atoms with van der Waals surface area (Å²) in [6.07, 6.45) is 2.44. The molecule has 122 valence electrons. The predicted molar refractivity (Wildman–Crippen MR) is 79.3 cm³/mol. The molecule has 1 aliphatic rings. The monoisotopic (exact) mass is 301 g/mol. The van der Waals surface area contributed by atoms with Crippen LogP contribution < -0.4 is 10.6 Å². The van der Waals surface area contributed by atoms with E-state index in [2.05, 4.69) is 22.5 Å². The van der Waals surface area contributed by atoms with Gasteiger partial charge in [-0.25, -0.2) is 4.79 Å². The molecule has 1 unspecified atom stereocenters. The Hall–Kier alpha value is -1.34. The van der Waals surface area contributed by atoms with Gasteiger partial charge in [0.2, 0.25) is 0 Å². The van der Waals surface area contributed by atoms with Crippen LogP contribution in [0.2, 0.25) is 0 Å². The molecule has 0 radical (unpaired) electrons. The standard InChI is InChI=1S/C14H27N3O4/c1-3-6-17-7-4-11(5-8-17)16-14(20)15-10-12(21-2)9-13(18)19/h11-12H,3-10H2,1-2H3,(H,18,19)(H2,15,16,20). The molecule has 7 heteroatoms. The minimum Gasteiger partial charge on any atom is -0.481 e. The number of amides is 2. The average Bonchev–Trinajstić information content (AvgIpc) is 2.45. The number of aliphatic carboxylic acids is 1. The molecule has 1 atom stereocenters. The molecule has 1 fully saturated rings. The maximum Gasteiger partial charge on any atom is 0.315 e. The number of carboxylic acids is 1. The van der Waals surface area contributed by atoms with Crippen LogP contribution in [0.25, 0.3) is 0 Å². The van der Waals surface area contributed by atoms with Crippen LogP contribution in [-0.4, -0.2) is 67.4 Å². The largest absolute Gasteiger partial charge is 0.481 e. The number of hydrogen-bond acceptors (Lipinski definition) is 4. The second kappa shape index (κ2) is 9.57. The van der Waals surface area contributed by atoms with Crippen molar-refractivity contribution < 1.29 is 19.4 Å². The molecule has 1 rings (SSSR count). The van der Waals surface area contributed by atoms with Gasteiger partial charge < -0.3 is 25.4 Å². The molecule has 0 bridgehead atoms. The zero-order valence-corrected chi connectivity index (χ0v) is 12.9. The maximum absolute atomic E-state index is 11.8. The number of likely N-dealkylation sites (tertiary alicyclic amines) is 1. The van der Waals surface area contributed by atoms with Gasteiger partial charge in [-0.3, -0.25) is 4.79 Å². The lowest BCUT2D eigenvalue weighted by Crippen LogP contribution is -2.49. The first-order chi connectivity index (χ1) is 10.0. The summed E-state index contributed by atoms with van der Waals surface area (Å²) in [7, 11) is 1.44. The Balaban J connectivity index is 2.20. The zero-order chi connectivity index (χ0) is 15.7. The number of carbonyl (C=O) groups is 2. The molecule has 0 saturated carbocycles. The average molecular weight is 301 g/mol. The van der Waals surface area contributed by atoms with E-state index in [0.29, 0.717) is 0 Å². The molecular weight excluding hydrogens is 274 g/mol. The highest BCUT2D eigenvalue weighted by Crippen LogP contribution is 2.10. The summed E-state index contributed by atoms with van der Waals surface area (Å²) in [5, 5.41) is 14.3. The van der Waals surface area contributed by atoms with E-state index in [4.69, 9.17) is 9.84 Å². The molecule has 0 aromatic heterocycles. The van der Waals surface area contributed by atoms with Crippen molar-refractivity contribution in [2.45, 2.75) is 44.8 Å². The van der Waals surface area contributed by atoms with Crippen molar-refractivity contribution in [1.82, 2.24) is 15.5 Å². The van der Waals surface area contributed by atoms with E-state index in [1.165, 1.54) is 7.11 Å². The number of urea groups is 1. The highest BCUT2D eigenvalue weighted by molar-refractivity contribution is 5.74. The lowest BCUT2D eigenvalue weighted by atomic mass is 10.1. The first-order valence-corrected chi connectivity index (χ1v) is 7.56. The van der Waals surface area contributed by atoms with Crippen molar-refractivity contribution in [2.24, 2.45) is 0 Å². The van der Waals surface area contributed by atoms with Gasteiger partial charge in [0.1, 0.15) is 0 Å². The summed E-state index contributed by atoms with van der Waals surface area (Å²) in [5.74, 6) is -0.938. The van der Waals surface area contributed by atoms with Crippen molar-refractivity contribution in [2.75, 3.05) is 33.3 Å². The molecule has 1 heterocycles. The van der Waals surface area contributed by atoms with E-state index in [-0.39, 0.29) is 25.0 Å². The number of ether oxygens (including phenoxy) is 1. The minimum atomic E-state index is -0.938. The van der Waals surface area contributed by atoms with Crippen LogP contribution in [0.5, 0.6) is 0 Å². The summed E-state index contributed by atoms with van der Waals surface area (Å²) in [6.45, 7) is 5.51. The van der Waals surface area contributed by atoms with Crippen LogP contribution in [0, 0.1) is 0 Å². The highest BCUT2D eigenvalue weighted by Gasteiger charge is 2.20. The number of methoxy groups -OCH3 is 1. The third kappa shape index (κ3) is 7.29. The van der Waals surface area contributed by atoms with E-state index >= 15 is 0 Å². The Bertz CT molecular complexity index is 330. The number of nitrogens with one attached hydrogen (secondary N) is 2. The van der Waals surface area contributed by atoms with Gasteiger partial charge >= 0.3 is 12.0 Å². The highest BCUT2D eigenvalue weighted by atomic mass is 16.5. The number of piperidine rings is 1. The van der Waals surface area contributed by atoms with Crippen molar-refractivity contribution in [3.8, 4) is 0 Å². The van der Waals surface area contributed by atoms with Crippen molar-refractivity contribution in [3.05, 3.63) is 0 Å². The van der Waals surface area contributed by atoms with Gasteiger partial charge in [0, 0.05) is 32.8 Å². The number of carboxylic acid groups (broad SMARTS) is 1. The van der Waals surface area contributed by atoms with Gasteiger partial charge in [0.15, 0.2) is 0 Å². The van der Waals surface area contributed by atoms with E-state index in [9.17, 15) is 9.59 Å². The molecule has 7 nitrogen and oxygen atoms in total. The topological polar surface area (TPSA) is 90.9 Å². The van der Waals surface area contributed by atoms with Crippen LogP contribution in [0.4, 0.5) is 4.79 Å². The number of nitrogens with zero attached hydrogens (tertiary/aromatic N) is 1. The van der Waals surface area contributed by atoms with Crippen LogP contribution in [0.15, 0.2) is 0 Å². The lowest BCUT2D eigenvalue weighted by Gasteiger charge is -2.32. The van der Waals surface area contributed by atoms with E-state index in [0.717, 1.165) is 38.9 Å². The Morgan fingerprint density at radius 3 is 2.57 bits per heavy atom. The Labute approximate surface area is 126 Å². The molecule has 0 aromatic carbocycles. The van der Waals surface area contributed by atoms with Crippen LogP contribution in [0.1, 0.15) is 32.6 Å². The fraction of sp³-hybridized carbons (Fsp3) is 0.857. The summed E-state index contributed by atoms with van der Waals surface area (Å²) in [4.78, 5) is 24.8. The number of carbonyl (C=O) groups excluding carboxylic acids is 1. The maximum atomic E-state index is 11.8. The van der Waals surface area contributed by atoms with Gasteiger partial charge in [-0.05, 0) is 25.8 Å². The van der Waals surface area contributed by atoms with Crippen molar-refractivity contribution >= 4 is 12.0 Å². The quantitative estimate of drug-likeness (QED) is 0.612. The van der Waals surface area contributed by atoms with Crippen LogP contribution >= 0.6 is 0 Å². The molecule has 0 aliphatic carbocycles. The SMILES string of the molecule is CCCN1CCC(NC(=O)NCC(CC(=O)O)OC)CC1. The minimum absolute atomic E-state index is 0.119. The summed E-state index contributed by atoms with van der Waals surface area (Å²) in [6, 6.07) is -0.0602. The fourth-order valence-corrected chi connectivity index (χ4v) is 2.49. The van der Waals surface area contributed by atoms with Gasteiger partial charge in [-0.1, -0.05) is 6.92 Å². The summed E-state index contributed by atoms with van der Waals surface area (Å²) in [5.41, 5.74) is 0. The van der Waals surface area contributed by atoms with Gasteiger partial charge in [0.25, 0.3) is 0 Å². The fourth-order valence-electron chi connectivity index (χ4n) is 2.49.